The third-order valence-electron chi connectivity index (χ3n) is 6.80. The number of thiophene rings is 1. The predicted molar refractivity (Wildman–Crippen MR) is 134 cm³/mol. The number of hydrogen-bond donors (Lipinski definition) is 3. The van der Waals surface area contributed by atoms with Crippen LogP contribution in [0.3, 0.4) is 0 Å². The molecule has 2 bridgehead atoms. The normalized spacial score (nSPS) is 23.0. The van der Waals surface area contributed by atoms with Crippen LogP contribution in [0.5, 0.6) is 0 Å². The maximum Gasteiger partial charge on any atom is 0.277 e. The number of anilines is 3. The second-order valence-electron chi connectivity index (χ2n) is 9.30. The first-order chi connectivity index (χ1) is 16.9. The number of H-pyrrole nitrogens is 1. The monoisotopic (exact) mass is 513 g/mol. The van der Waals surface area contributed by atoms with E-state index in [9.17, 15) is 8.42 Å². The molecule has 6 heterocycles. The first kappa shape index (κ1) is 22.4. The van der Waals surface area contributed by atoms with Gasteiger partial charge in [-0.15, -0.1) is 11.3 Å². The Balaban J connectivity index is 1.25. The number of aryl methyl sites for hydroxylation is 2. The van der Waals surface area contributed by atoms with Crippen LogP contribution in [0.2, 0.25) is 0 Å². The summed E-state index contributed by atoms with van der Waals surface area (Å²) >= 11 is 1.56. The van der Waals surface area contributed by atoms with Gasteiger partial charge in [-0.1, -0.05) is 6.42 Å². The SMILES string of the molecule is Cc1cc(Nc2nc(NC3C[C@H]4CCC[C@@H](C3)N4S(=O)(=O)c3nccn3C)nc3sccc23)n[nH]1. The van der Waals surface area contributed by atoms with Crippen molar-refractivity contribution in [3.05, 3.63) is 35.6 Å². The second-order valence-corrected chi connectivity index (χ2v) is 11.9. The summed E-state index contributed by atoms with van der Waals surface area (Å²) in [5.41, 5.74) is 0.959. The lowest BCUT2D eigenvalue weighted by atomic mass is 9.84. The van der Waals surface area contributed by atoms with Crippen LogP contribution in [0.4, 0.5) is 17.6 Å². The molecule has 13 heteroatoms. The number of nitrogens with zero attached hydrogens (tertiary/aromatic N) is 6. The zero-order valence-corrected chi connectivity index (χ0v) is 21.1. The van der Waals surface area contributed by atoms with Crippen LogP contribution in [0.25, 0.3) is 10.2 Å². The number of rotatable bonds is 6. The van der Waals surface area contributed by atoms with Gasteiger partial charge in [-0.2, -0.15) is 14.4 Å². The summed E-state index contributed by atoms with van der Waals surface area (Å²) in [6.45, 7) is 1.95. The van der Waals surface area contributed by atoms with Gasteiger partial charge in [0.15, 0.2) is 5.82 Å². The molecule has 4 aromatic heterocycles. The van der Waals surface area contributed by atoms with Crippen LogP contribution in [-0.2, 0) is 17.1 Å². The molecule has 35 heavy (non-hydrogen) atoms. The van der Waals surface area contributed by atoms with E-state index in [4.69, 9.17) is 9.97 Å². The largest absolute Gasteiger partial charge is 0.351 e. The minimum atomic E-state index is -3.66. The highest BCUT2D eigenvalue weighted by molar-refractivity contribution is 7.89. The van der Waals surface area contributed by atoms with Crippen molar-refractivity contribution >= 4 is 49.2 Å². The number of sulfonamides is 1. The molecule has 3 N–H and O–H groups in total. The van der Waals surface area contributed by atoms with Crippen molar-refractivity contribution in [1.29, 1.82) is 0 Å². The summed E-state index contributed by atoms with van der Waals surface area (Å²) in [6, 6.07) is 3.85. The first-order valence-corrected chi connectivity index (χ1v) is 14.0. The van der Waals surface area contributed by atoms with Gasteiger partial charge in [-0.3, -0.25) is 5.10 Å². The molecule has 0 saturated carbocycles. The number of aromatic nitrogens is 6. The van der Waals surface area contributed by atoms with Crippen molar-refractivity contribution in [2.45, 2.75) is 62.3 Å². The van der Waals surface area contributed by atoms with Crippen LogP contribution in [0.1, 0.15) is 37.8 Å². The number of imidazole rings is 1. The van der Waals surface area contributed by atoms with Crippen LogP contribution in [0, 0.1) is 6.92 Å². The molecule has 11 nitrogen and oxygen atoms in total. The number of piperidine rings is 2. The summed E-state index contributed by atoms with van der Waals surface area (Å²) in [7, 11) is -1.94. The van der Waals surface area contributed by atoms with Gasteiger partial charge in [0.1, 0.15) is 10.6 Å². The number of nitrogens with one attached hydrogen (secondary N) is 3. The van der Waals surface area contributed by atoms with Crippen LogP contribution in [-0.4, -0.2) is 60.6 Å². The van der Waals surface area contributed by atoms with Gasteiger partial charge in [0.05, 0.1) is 5.39 Å². The Bertz CT molecular complexity index is 1460. The number of aromatic amines is 1. The highest BCUT2D eigenvalue weighted by Crippen LogP contribution is 2.39. The van der Waals surface area contributed by atoms with Gasteiger partial charge in [0.2, 0.25) is 11.1 Å². The van der Waals surface area contributed by atoms with E-state index in [0.717, 1.165) is 35.2 Å². The van der Waals surface area contributed by atoms with Gasteiger partial charge in [0.25, 0.3) is 10.0 Å². The molecule has 3 atom stereocenters. The molecule has 0 radical (unpaired) electrons. The van der Waals surface area contributed by atoms with Gasteiger partial charge in [-0.25, -0.2) is 18.4 Å². The maximum atomic E-state index is 13.5. The lowest BCUT2D eigenvalue weighted by molar-refractivity contribution is 0.115. The van der Waals surface area contributed by atoms with E-state index in [2.05, 4.69) is 25.8 Å². The second kappa shape index (κ2) is 8.57. The quantitative estimate of drug-likeness (QED) is 0.357. The Morgan fingerprint density at radius 3 is 2.69 bits per heavy atom. The Morgan fingerprint density at radius 2 is 2.00 bits per heavy atom. The lowest BCUT2D eigenvalue weighted by Crippen LogP contribution is -2.57. The molecule has 2 aliphatic heterocycles. The molecule has 1 unspecified atom stereocenters. The molecule has 4 aromatic rings. The van der Waals surface area contributed by atoms with E-state index in [1.807, 2.05) is 24.4 Å². The van der Waals surface area contributed by atoms with E-state index in [1.165, 1.54) is 6.20 Å². The fourth-order valence-corrected chi connectivity index (χ4v) is 8.08. The molecule has 0 aromatic carbocycles. The first-order valence-electron chi connectivity index (χ1n) is 11.7. The van der Waals surface area contributed by atoms with Gasteiger partial charge in [-0.05, 0) is 44.1 Å². The predicted octanol–water partition coefficient (Wildman–Crippen LogP) is 3.39. The topological polar surface area (TPSA) is 134 Å². The Hall–Kier alpha value is -3.03. The fourth-order valence-electron chi connectivity index (χ4n) is 5.34. The lowest BCUT2D eigenvalue weighted by Gasteiger charge is -2.47. The smallest absolute Gasteiger partial charge is 0.277 e. The molecule has 2 aliphatic rings. The van der Waals surface area contributed by atoms with E-state index >= 15 is 0 Å². The average molecular weight is 514 g/mol. The zero-order chi connectivity index (χ0) is 24.2. The van der Waals surface area contributed by atoms with Crippen molar-refractivity contribution < 1.29 is 8.42 Å². The summed E-state index contributed by atoms with van der Waals surface area (Å²) < 4.78 is 30.2. The van der Waals surface area contributed by atoms with Crippen molar-refractivity contribution in [2.24, 2.45) is 7.05 Å². The van der Waals surface area contributed by atoms with Crippen molar-refractivity contribution in [1.82, 2.24) is 34.0 Å². The Labute approximate surface area is 207 Å². The molecular formula is C22H27N9O2S2. The zero-order valence-electron chi connectivity index (χ0n) is 19.5. The molecule has 184 valence electrons. The van der Waals surface area contributed by atoms with E-state index in [-0.39, 0.29) is 23.3 Å². The van der Waals surface area contributed by atoms with Crippen molar-refractivity contribution in [3.63, 3.8) is 0 Å². The molecular weight excluding hydrogens is 486 g/mol. The fraction of sp³-hybridized carbons (Fsp3) is 0.455. The van der Waals surface area contributed by atoms with E-state index < -0.39 is 10.0 Å². The van der Waals surface area contributed by atoms with Crippen molar-refractivity contribution in [3.8, 4) is 0 Å². The van der Waals surface area contributed by atoms with E-state index in [0.29, 0.717) is 30.4 Å². The van der Waals surface area contributed by atoms with Gasteiger partial charge >= 0.3 is 0 Å². The molecule has 6 rings (SSSR count). The van der Waals surface area contributed by atoms with Gasteiger partial charge in [0, 0.05) is 49.3 Å². The Morgan fingerprint density at radius 1 is 1.20 bits per heavy atom. The molecule has 0 spiro atoms. The van der Waals surface area contributed by atoms with E-state index in [1.54, 1.807) is 33.5 Å². The van der Waals surface area contributed by atoms with Crippen molar-refractivity contribution in [2.75, 3.05) is 10.6 Å². The summed E-state index contributed by atoms with van der Waals surface area (Å²) in [4.78, 5) is 14.5. The van der Waals surface area contributed by atoms with Crippen LogP contribution in [0.15, 0.2) is 35.1 Å². The molecule has 2 saturated heterocycles. The molecule has 0 amide bonds. The summed E-state index contributed by atoms with van der Waals surface area (Å²) in [5, 5.41) is 17.0. The Kier molecular flexibility index (Phi) is 5.49. The highest BCUT2D eigenvalue weighted by atomic mass is 32.2. The van der Waals surface area contributed by atoms with Gasteiger partial charge < -0.3 is 15.2 Å². The third-order valence-corrected chi connectivity index (χ3v) is 9.62. The number of hydrogen-bond acceptors (Lipinski definition) is 9. The minimum absolute atomic E-state index is 0.0724. The summed E-state index contributed by atoms with van der Waals surface area (Å²) in [6.07, 6.45) is 7.32. The molecule has 2 fully saturated rings. The summed E-state index contributed by atoms with van der Waals surface area (Å²) in [5.74, 6) is 1.93. The maximum absolute atomic E-state index is 13.5. The molecule has 0 aliphatic carbocycles. The average Bonchev–Trinajstić information content (AvgIpc) is 3.54. The van der Waals surface area contributed by atoms with Crippen LogP contribution >= 0.6 is 11.3 Å². The van der Waals surface area contributed by atoms with Crippen LogP contribution < -0.4 is 10.6 Å². The minimum Gasteiger partial charge on any atom is -0.351 e. The highest BCUT2D eigenvalue weighted by Gasteiger charge is 2.46. The standard InChI is InChI=1S/C22H27N9O2S2/c1-13-10-18(29-28-13)25-19-17-6-9-34-20(17)27-21(26-19)24-14-11-15-4-3-5-16(12-14)31(15)35(32,33)22-23-7-8-30(22)2/h6-10,14-16H,3-5,11-12H2,1-2H3,(H3,24,25,26,27,28,29)/t14?,15-,16+. The third kappa shape index (κ3) is 4.06. The number of fused-ring (bicyclic) bond motifs is 3.